The van der Waals surface area contributed by atoms with E-state index in [4.69, 9.17) is 0 Å². The molecule has 2 N–H and O–H groups in total. The molecule has 6 heteroatoms. The molecule has 120 valence electrons. The molecule has 21 heavy (non-hydrogen) atoms. The van der Waals surface area contributed by atoms with Crippen LogP contribution in [0.2, 0.25) is 0 Å². The summed E-state index contributed by atoms with van der Waals surface area (Å²) >= 11 is 1.35. The summed E-state index contributed by atoms with van der Waals surface area (Å²) in [6.45, 7) is 4.23. The first-order valence-electron chi connectivity index (χ1n) is 7.91. The van der Waals surface area contributed by atoms with Crippen LogP contribution in [0.3, 0.4) is 0 Å². The number of thiophene rings is 1. The van der Waals surface area contributed by atoms with Crippen molar-refractivity contribution in [1.82, 2.24) is 10.0 Å². The van der Waals surface area contributed by atoms with Gasteiger partial charge in [0.1, 0.15) is 4.21 Å². The third-order valence-electron chi connectivity index (χ3n) is 4.02. The molecule has 1 aromatic heterocycles. The molecule has 1 fully saturated rings. The molecule has 0 amide bonds. The van der Waals surface area contributed by atoms with Crippen LogP contribution >= 0.6 is 11.3 Å². The van der Waals surface area contributed by atoms with E-state index in [-0.39, 0.29) is 0 Å². The molecule has 0 unspecified atom stereocenters. The third-order valence-corrected chi connectivity index (χ3v) is 7.06. The maximum atomic E-state index is 12.2. The minimum Gasteiger partial charge on any atom is -0.312 e. The molecule has 1 heterocycles. The summed E-state index contributed by atoms with van der Waals surface area (Å²) in [5, 5.41) is 3.21. The van der Waals surface area contributed by atoms with Crippen molar-refractivity contribution in [3.63, 3.8) is 0 Å². The standard InChI is InChI=1S/C15H26N2O2S2/c1-2-16-12-14-8-9-15(20-14)21(18,19)17-11-10-13-6-4-3-5-7-13/h8-9,13,16-17H,2-7,10-12H2,1H3. The Hall–Kier alpha value is -0.430. The van der Waals surface area contributed by atoms with Gasteiger partial charge in [-0.3, -0.25) is 0 Å². The summed E-state index contributed by atoms with van der Waals surface area (Å²) in [6, 6.07) is 3.60. The molecule has 0 saturated heterocycles. The van der Waals surface area contributed by atoms with Gasteiger partial charge in [0.05, 0.1) is 0 Å². The quantitative estimate of drug-likeness (QED) is 0.770. The van der Waals surface area contributed by atoms with Gasteiger partial charge >= 0.3 is 0 Å². The number of nitrogens with one attached hydrogen (secondary N) is 2. The Balaban J connectivity index is 1.81. The van der Waals surface area contributed by atoms with E-state index >= 15 is 0 Å². The van der Waals surface area contributed by atoms with E-state index in [0.717, 1.165) is 24.4 Å². The molecule has 0 bridgehead atoms. The van der Waals surface area contributed by atoms with Crippen LogP contribution in [0.15, 0.2) is 16.3 Å². The van der Waals surface area contributed by atoms with Crippen molar-refractivity contribution >= 4 is 21.4 Å². The Morgan fingerprint density at radius 1 is 1.24 bits per heavy atom. The van der Waals surface area contributed by atoms with Crippen LogP contribution in [-0.4, -0.2) is 21.5 Å². The highest BCUT2D eigenvalue weighted by molar-refractivity contribution is 7.91. The van der Waals surface area contributed by atoms with Crippen LogP contribution in [0.1, 0.15) is 50.3 Å². The molecule has 0 spiro atoms. The third kappa shape index (κ3) is 5.36. The van der Waals surface area contributed by atoms with Gasteiger partial charge in [-0.25, -0.2) is 13.1 Å². The minimum absolute atomic E-state index is 0.430. The Bertz CT molecular complexity index is 520. The van der Waals surface area contributed by atoms with Gasteiger partial charge in [-0.15, -0.1) is 11.3 Å². The molecule has 0 aromatic carbocycles. The van der Waals surface area contributed by atoms with E-state index in [0.29, 0.717) is 16.7 Å². The Labute approximate surface area is 132 Å². The lowest BCUT2D eigenvalue weighted by molar-refractivity contribution is 0.340. The number of rotatable bonds is 8. The van der Waals surface area contributed by atoms with Crippen molar-refractivity contribution in [1.29, 1.82) is 0 Å². The predicted octanol–water partition coefficient (Wildman–Crippen LogP) is 3.11. The van der Waals surface area contributed by atoms with Crippen molar-refractivity contribution < 1.29 is 8.42 Å². The van der Waals surface area contributed by atoms with Gasteiger partial charge in [-0.05, 0) is 31.0 Å². The number of sulfonamides is 1. The molecule has 1 aromatic rings. The van der Waals surface area contributed by atoms with Gasteiger partial charge in [0.15, 0.2) is 0 Å². The van der Waals surface area contributed by atoms with Crippen LogP contribution in [0, 0.1) is 5.92 Å². The second-order valence-electron chi connectivity index (χ2n) is 5.69. The van der Waals surface area contributed by atoms with Gasteiger partial charge in [0.25, 0.3) is 0 Å². The second kappa shape index (κ2) is 8.27. The van der Waals surface area contributed by atoms with E-state index in [1.807, 2.05) is 13.0 Å². The predicted molar refractivity (Wildman–Crippen MR) is 88.1 cm³/mol. The first-order chi connectivity index (χ1) is 10.1. The summed E-state index contributed by atoms with van der Waals surface area (Å²) in [4.78, 5) is 1.06. The monoisotopic (exact) mass is 330 g/mol. The highest BCUT2D eigenvalue weighted by Crippen LogP contribution is 2.26. The van der Waals surface area contributed by atoms with Crippen LogP contribution in [0.5, 0.6) is 0 Å². The Morgan fingerprint density at radius 3 is 2.71 bits per heavy atom. The molecular formula is C15H26N2O2S2. The number of hydrogen-bond donors (Lipinski definition) is 2. The van der Waals surface area contributed by atoms with Crippen LogP contribution < -0.4 is 10.0 Å². The summed E-state index contributed by atoms with van der Waals surface area (Å²) < 4.78 is 27.7. The lowest BCUT2D eigenvalue weighted by Crippen LogP contribution is -2.26. The van der Waals surface area contributed by atoms with E-state index < -0.39 is 10.0 Å². The zero-order valence-electron chi connectivity index (χ0n) is 12.7. The minimum atomic E-state index is -3.32. The summed E-state index contributed by atoms with van der Waals surface area (Å²) in [7, 11) is -3.32. The van der Waals surface area contributed by atoms with Crippen molar-refractivity contribution in [3.05, 3.63) is 17.0 Å². The SMILES string of the molecule is CCNCc1ccc(S(=O)(=O)NCCC2CCCCC2)s1. The maximum Gasteiger partial charge on any atom is 0.250 e. The molecule has 1 aliphatic rings. The lowest BCUT2D eigenvalue weighted by Gasteiger charge is -2.21. The van der Waals surface area contributed by atoms with Crippen LogP contribution in [0.4, 0.5) is 0 Å². The topological polar surface area (TPSA) is 58.2 Å². The lowest BCUT2D eigenvalue weighted by atomic mass is 9.87. The van der Waals surface area contributed by atoms with Crippen molar-refractivity contribution in [2.24, 2.45) is 5.92 Å². The first kappa shape index (κ1) is 16.9. The molecule has 1 saturated carbocycles. The van der Waals surface area contributed by atoms with Crippen molar-refractivity contribution in [2.45, 2.75) is 56.2 Å². The van der Waals surface area contributed by atoms with Gasteiger partial charge in [0.2, 0.25) is 10.0 Å². The molecule has 0 aliphatic heterocycles. The van der Waals surface area contributed by atoms with E-state index in [2.05, 4.69) is 10.0 Å². The molecule has 0 radical (unpaired) electrons. The maximum absolute atomic E-state index is 12.2. The van der Waals surface area contributed by atoms with Gasteiger partial charge in [-0.2, -0.15) is 0 Å². The van der Waals surface area contributed by atoms with E-state index in [1.165, 1.54) is 43.4 Å². The normalized spacial score (nSPS) is 17.2. The van der Waals surface area contributed by atoms with Crippen LogP contribution in [-0.2, 0) is 16.6 Å². The molecule has 2 rings (SSSR count). The molecule has 1 aliphatic carbocycles. The first-order valence-corrected chi connectivity index (χ1v) is 10.2. The van der Waals surface area contributed by atoms with Gasteiger partial charge in [0, 0.05) is 18.0 Å². The zero-order chi connectivity index (χ0) is 15.1. The number of hydrogen-bond acceptors (Lipinski definition) is 4. The fourth-order valence-electron chi connectivity index (χ4n) is 2.79. The van der Waals surface area contributed by atoms with E-state index in [9.17, 15) is 8.42 Å². The average Bonchev–Trinajstić information content (AvgIpc) is 2.96. The Kier molecular flexibility index (Phi) is 6.67. The highest BCUT2D eigenvalue weighted by Gasteiger charge is 2.18. The summed E-state index contributed by atoms with van der Waals surface area (Å²) in [5.41, 5.74) is 0. The summed E-state index contributed by atoms with van der Waals surface area (Å²) in [5.74, 6) is 0.703. The fourth-order valence-corrected chi connectivity index (χ4v) is 5.21. The second-order valence-corrected chi connectivity index (χ2v) is 8.85. The van der Waals surface area contributed by atoms with E-state index in [1.54, 1.807) is 6.07 Å². The summed E-state index contributed by atoms with van der Waals surface area (Å²) in [6.07, 6.45) is 7.42. The van der Waals surface area contributed by atoms with Gasteiger partial charge in [-0.1, -0.05) is 39.0 Å². The average molecular weight is 331 g/mol. The van der Waals surface area contributed by atoms with Crippen molar-refractivity contribution in [3.8, 4) is 0 Å². The molecule has 4 nitrogen and oxygen atoms in total. The van der Waals surface area contributed by atoms with Gasteiger partial charge < -0.3 is 5.32 Å². The highest BCUT2D eigenvalue weighted by atomic mass is 32.2. The fraction of sp³-hybridized carbons (Fsp3) is 0.733. The van der Waals surface area contributed by atoms with Crippen LogP contribution in [0.25, 0.3) is 0 Å². The molecular weight excluding hydrogens is 304 g/mol. The zero-order valence-corrected chi connectivity index (χ0v) is 14.4. The molecule has 0 atom stereocenters. The van der Waals surface area contributed by atoms with Crippen molar-refractivity contribution in [2.75, 3.05) is 13.1 Å². The smallest absolute Gasteiger partial charge is 0.250 e. The largest absolute Gasteiger partial charge is 0.312 e. The Morgan fingerprint density at radius 2 is 2.00 bits per heavy atom.